The summed E-state index contributed by atoms with van der Waals surface area (Å²) in [6.45, 7) is 11.3. The van der Waals surface area contributed by atoms with Crippen molar-refractivity contribution >= 4 is 0 Å². The summed E-state index contributed by atoms with van der Waals surface area (Å²) in [5, 5.41) is 3.50. The summed E-state index contributed by atoms with van der Waals surface area (Å²) in [5.74, 6) is 0.650. The molecule has 1 fully saturated rings. The average Bonchev–Trinajstić information content (AvgIpc) is 2.93. The van der Waals surface area contributed by atoms with Crippen molar-refractivity contribution in [3.8, 4) is 0 Å². The molecule has 0 radical (unpaired) electrons. The van der Waals surface area contributed by atoms with Crippen LogP contribution in [0.5, 0.6) is 0 Å². The fourth-order valence-corrected chi connectivity index (χ4v) is 2.96. The second kappa shape index (κ2) is 7.65. The molecule has 1 N–H and O–H groups in total. The highest BCUT2D eigenvalue weighted by Crippen LogP contribution is 2.22. The van der Waals surface area contributed by atoms with Crippen LogP contribution in [-0.2, 0) is 6.54 Å². The number of likely N-dealkylation sites (N-methyl/N-ethyl adjacent to an activating group) is 1. The van der Waals surface area contributed by atoms with E-state index in [0.717, 1.165) is 26.2 Å². The van der Waals surface area contributed by atoms with Gasteiger partial charge in [0.1, 0.15) is 0 Å². The highest BCUT2D eigenvalue weighted by molar-refractivity contribution is 5.08. The minimum Gasteiger partial charge on any atom is -0.333 e. The molecule has 0 aliphatic carbocycles. The van der Waals surface area contributed by atoms with Gasteiger partial charge in [-0.25, -0.2) is 4.98 Å². The quantitative estimate of drug-likeness (QED) is 0.818. The van der Waals surface area contributed by atoms with Crippen LogP contribution in [0.25, 0.3) is 0 Å². The van der Waals surface area contributed by atoms with E-state index in [2.05, 4.69) is 39.8 Å². The van der Waals surface area contributed by atoms with Gasteiger partial charge in [-0.2, -0.15) is 0 Å². The summed E-state index contributed by atoms with van der Waals surface area (Å²) < 4.78 is 2.36. The van der Waals surface area contributed by atoms with Crippen molar-refractivity contribution in [2.75, 3.05) is 32.7 Å². The molecule has 1 saturated heterocycles. The van der Waals surface area contributed by atoms with Crippen LogP contribution in [0.15, 0.2) is 12.5 Å². The molecule has 1 aromatic heterocycles. The van der Waals surface area contributed by atoms with E-state index >= 15 is 0 Å². The second-order valence-corrected chi connectivity index (χ2v) is 5.49. The zero-order valence-corrected chi connectivity index (χ0v) is 12.4. The first-order chi connectivity index (χ1) is 9.35. The molecule has 1 aliphatic rings. The molecule has 0 bridgehead atoms. The largest absolute Gasteiger partial charge is 0.333 e. The lowest BCUT2D eigenvalue weighted by molar-refractivity contribution is 0.274. The fraction of sp³-hybridized carbons (Fsp3) is 0.800. The predicted octanol–water partition coefficient (Wildman–Crippen LogP) is 2.08. The third-order valence-electron chi connectivity index (χ3n) is 4.10. The van der Waals surface area contributed by atoms with Crippen molar-refractivity contribution in [3.63, 3.8) is 0 Å². The lowest BCUT2D eigenvalue weighted by Crippen LogP contribution is -2.31. The number of nitrogens with zero attached hydrogens (tertiary/aromatic N) is 3. The smallest absolute Gasteiger partial charge is 0.0948 e. The summed E-state index contributed by atoms with van der Waals surface area (Å²) in [6.07, 6.45) is 7.88. The standard InChI is InChI=1S/C15H28N4/c1-3-8-18(4-2)9-10-19-13-17-12-15(19)14-6-5-7-16-11-14/h12-14,16H,3-11H2,1-2H3. The van der Waals surface area contributed by atoms with Gasteiger partial charge in [-0.1, -0.05) is 13.8 Å². The Balaban J connectivity index is 1.91. The van der Waals surface area contributed by atoms with Crippen LogP contribution in [-0.4, -0.2) is 47.2 Å². The molecule has 108 valence electrons. The minimum absolute atomic E-state index is 0.650. The van der Waals surface area contributed by atoms with Crippen LogP contribution in [0.2, 0.25) is 0 Å². The molecule has 1 aromatic rings. The van der Waals surface area contributed by atoms with Gasteiger partial charge in [-0.3, -0.25) is 0 Å². The van der Waals surface area contributed by atoms with Crippen molar-refractivity contribution < 1.29 is 0 Å². The summed E-state index contributed by atoms with van der Waals surface area (Å²) in [6, 6.07) is 0. The molecule has 0 spiro atoms. The molecule has 1 atom stereocenters. The van der Waals surface area contributed by atoms with Crippen LogP contribution < -0.4 is 5.32 Å². The molecular weight excluding hydrogens is 236 g/mol. The Morgan fingerprint density at radius 3 is 3.00 bits per heavy atom. The number of imidazole rings is 1. The Morgan fingerprint density at radius 1 is 1.42 bits per heavy atom. The lowest BCUT2D eigenvalue weighted by atomic mass is 9.96. The molecule has 4 nitrogen and oxygen atoms in total. The third kappa shape index (κ3) is 4.05. The van der Waals surface area contributed by atoms with E-state index in [-0.39, 0.29) is 0 Å². The fourth-order valence-electron chi connectivity index (χ4n) is 2.96. The predicted molar refractivity (Wildman–Crippen MR) is 79.5 cm³/mol. The molecule has 2 heterocycles. The maximum Gasteiger partial charge on any atom is 0.0948 e. The third-order valence-corrected chi connectivity index (χ3v) is 4.10. The first-order valence-electron chi connectivity index (χ1n) is 7.78. The Bertz CT molecular complexity index is 355. The lowest BCUT2D eigenvalue weighted by Gasteiger charge is -2.25. The van der Waals surface area contributed by atoms with Crippen molar-refractivity contribution in [2.45, 2.75) is 45.6 Å². The van der Waals surface area contributed by atoms with Crippen molar-refractivity contribution in [3.05, 3.63) is 18.2 Å². The maximum absolute atomic E-state index is 4.36. The number of piperidine rings is 1. The van der Waals surface area contributed by atoms with E-state index in [9.17, 15) is 0 Å². The SMILES string of the molecule is CCCN(CC)CCn1cncc1C1CCCNC1. The van der Waals surface area contributed by atoms with Gasteiger partial charge in [0.2, 0.25) is 0 Å². The van der Waals surface area contributed by atoms with Gasteiger partial charge in [-0.05, 0) is 38.9 Å². The van der Waals surface area contributed by atoms with Gasteiger partial charge in [0.05, 0.1) is 6.33 Å². The minimum atomic E-state index is 0.650. The molecular formula is C15H28N4. The van der Waals surface area contributed by atoms with Crippen LogP contribution in [0.1, 0.15) is 44.7 Å². The van der Waals surface area contributed by atoms with E-state index in [1.54, 1.807) is 0 Å². The highest BCUT2D eigenvalue weighted by Gasteiger charge is 2.18. The molecule has 0 aromatic carbocycles. The van der Waals surface area contributed by atoms with E-state index < -0.39 is 0 Å². The summed E-state index contributed by atoms with van der Waals surface area (Å²) in [5.41, 5.74) is 1.42. The van der Waals surface area contributed by atoms with Gasteiger partial charge in [0.15, 0.2) is 0 Å². The number of hydrogen-bond acceptors (Lipinski definition) is 3. The Labute approximate surface area is 117 Å². The number of hydrogen-bond donors (Lipinski definition) is 1. The highest BCUT2D eigenvalue weighted by atomic mass is 15.2. The van der Waals surface area contributed by atoms with Crippen LogP contribution >= 0.6 is 0 Å². The first-order valence-corrected chi connectivity index (χ1v) is 7.78. The summed E-state index contributed by atoms with van der Waals surface area (Å²) >= 11 is 0. The van der Waals surface area contributed by atoms with Gasteiger partial charge < -0.3 is 14.8 Å². The van der Waals surface area contributed by atoms with Crippen LogP contribution in [0.3, 0.4) is 0 Å². The molecule has 19 heavy (non-hydrogen) atoms. The molecule has 0 saturated carbocycles. The summed E-state index contributed by atoms with van der Waals surface area (Å²) in [7, 11) is 0. The van der Waals surface area contributed by atoms with Gasteiger partial charge in [0, 0.05) is 37.4 Å². The zero-order chi connectivity index (χ0) is 13.5. The van der Waals surface area contributed by atoms with E-state index in [1.807, 2.05) is 6.33 Å². The maximum atomic E-state index is 4.36. The molecule has 2 rings (SSSR count). The Morgan fingerprint density at radius 2 is 2.32 bits per heavy atom. The van der Waals surface area contributed by atoms with E-state index in [0.29, 0.717) is 5.92 Å². The number of aromatic nitrogens is 2. The monoisotopic (exact) mass is 264 g/mol. The summed E-state index contributed by atoms with van der Waals surface area (Å²) in [4.78, 5) is 6.88. The van der Waals surface area contributed by atoms with E-state index in [4.69, 9.17) is 0 Å². The topological polar surface area (TPSA) is 33.1 Å². The number of rotatable bonds is 7. The van der Waals surface area contributed by atoms with Gasteiger partial charge in [0.25, 0.3) is 0 Å². The van der Waals surface area contributed by atoms with Gasteiger partial charge in [-0.15, -0.1) is 0 Å². The zero-order valence-electron chi connectivity index (χ0n) is 12.4. The van der Waals surface area contributed by atoms with Crippen LogP contribution in [0.4, 0.5) is 0 Å². The molecule has 1 aliphatic heterocycles. The molecule has 4 heteroatoms. The van der Waals surface area contributed by atoms with Crippen molar-refractivity contribution in [1.29, 1.82) is 0 Å². The molecule has 0 amide bonds. The Hall–Kier alpha value is -0.870. The second-order valence-electron chi connectivity index (χ2n) is 5.49. The van der Waals surface area contributed by atoms with E-state index in [1.165, 1.54) is 38.0 Å². The first kappa shape index (κ1) is 14.5. The Kier molecular flexibility index (Phi) is 5.86. The van der Waals surface area contributed by atoms with Crippen LogP contribution in [0, 0.1) is 0 Å². The van der Waals surface area contributed by atoms with Crippen molar-refractivity contribution in [2.24, 2.45) is 0 Å². The molecule has 1 unspecified atom stereocenters. The van der Waals surface area contributed by atoms with Crippen molar-refractivity contribution in [1.82, 2.24) is 19.8 Å². The normalized spacial score (nSPS) is 20.1. The average molecular weight is 264 g/mol. The number of nitrogens with one attached hydrogen (secondary N) is 1. The van der Waals surface area contributed by atoms with Gasteiger partial charge >= 0.3 is 0 Å².